The van der Waals surface area contributed by atoms with Crippen molar-refractivity contribution in [1.82, 2.24) is 0 Å². The molecule has 1 rings (SSSR count). The van der Waals surface area contributed by atoms with Crippen LogP contribution in [0.2, 0.25) is 0 Å². The molecule has 6 nitrogen and oxygen atoms in total. The Morgan fingerprint density at radius 3 is 2.80 bits per heavy atom. The lowest BCUT2D eigenvalue weighted by atomic mass is 10.2. The number of nitrogens with one attached hydrogen (secondary N) is 1. The highest BCUT2D eigenvalue weighted by Gasteiger charge is 2.08. The minimum atomic E-state index is -0.718. The molecule has 0 saturated heterocycles. The fourth-order valence-electron chi connectivity index (χ4n) is 0.956. The topological polar surface area (TPSA) is 116 Å². The van der Waals surface area contributed by atoms with Gasteiger partial charge in [0.15, 0.2) is 5.17 Å². The van der Waals surface area contributed by atoms with Crippen LogP contribution in [0.4, 0.5) is 5.69 Å². The normalized spacial score (nSPS) is 9.87. The van der Waals surface area contributed by atoms with Crippen molar-refractivity contribution < 1.29 is 10.0 Å². The Morgan fingerprint density at radius 1 is 1.60 bits per heavy atom. The summed E-state index contributed by atoms with van der Waals surface area (Å²) in [6, 6.07) is 3.84. The maximum Gasteiger partial charge on any atom is 0.262 e. The molecular weight excluding hydrogens is 218 g/mol. The molecule has 1 aromatic carbocycles. The van der Waals surface area contributed by atoms with Crippen LogP contribution in [-0.2, 0) is 5.75 Å². The molecule has 0 aromatic heterocycles. The lowest BCUT2D eigenvalue weighted by Crippen LogP contribution is -2.04. The van der Waals surface area contributed by atoms with Gasteiger partial charge in [-0.3, -0.25) is 15.5 Å². The van der Waals surface area contributed by atoms with Crippen molar-refractivity contribution in [2.24, 2.45) is 5.73 Å². The Morgan fingerprint density at radius 2 is 2.27 bits per heavy atom. The van der Waals surface area contributed by atoms with E-state index in [0.29, 0.717) is 11.3 Å². The molecule has 0 unspecified atom stereocenters. The van der Waals surface area contributed by atoms with Gasteiger partial charge in [0.05, 0.1) is 4.92 Å². The third-order valence-electron chi connectivity index (χ3n) is 1.61. The molecule has 1 aromatic rings. The minimum Gasteiger partial charge on any atom is -0.868 e. The molecule has 0 aliphatic carbocycles. The number of rotatable bonds is 3. The Labute approximate surface area is 89.8 Å². The first-order chi connectivity index (χ1) is 7.00. The van der Waals surface area contributed by atoms with Gasteiger partial charge in [0.1, 0.15) is 0 Å². The number of hydrogen-bond acceptors (Lipinski definition) is 5. The zero-order valence-corrected chi connectivity index (χ0v) is 8.41. The molecule has 0 heterocycles. The van der Waals surface area contributed by atoms with Gasteiger partial charge in [-0.15, -0.1) is 0 Å². The van der Waals surface area contributed by atoms with Gasteiger partial charge >= 0.3 is 0 Å². The van der Waals surface area contributed by atoms with Crippen LogP contribution >= 0.6 is 11.8 Å². The van der Waals surface area contributed by atoms with Crippen molar-refractivity contribution in [2.75, 3.05) is 0 Å². The zero-order valence-electron chi connectivity index (χ0n) is 7.60. The largest absolute Gasteiger partial charge is 0.868 e. The van der Waals surface area contributed by atoms with Crippen LogP contribution in [0.15, 0.2) is 18.2 Å². The van der Waals surface area contributed by atoms with E-state index in [9.17, 15) is 15.2 Å². The number of hydrogen-bond donors (Lipinski definition) is 2. The van der Waals surface area contributed by atoms with Crippen molar-refractivity contribution in [3.05, 3.63) is 33.9 Å². The first-order valence-electron chi connectivity index (χ1n) is 3.92. The van der Waals surface area contributed by atoms with E-state index in [4.69, 9.17) is 11.1 Å². The highest BCUT2D eigenvalue weighted by molar-refractivity contribution is 8.13. The van der Waals surface area contributed by atoms with Crippen molar-refractivity contribution in [3.63, 3.8) is 0 Å². The summed E-state index contributed by atoms with van der Waals surface area (Å²) in [5, 5.41) is 28.4. The SMILES string of the molecule is N=C(N)SCc1ccc([O-])c([N+](=O)[O-])c1. The summed E-state index contributed by atoms with van der Waals surface area (Å²) in [4.78, 5) is 9.73. The van der Waals surface area contributed by atoms with E-state index in [1.807, 2.05) is 0 Å². The molecule has 0 aliphatic rings. The maximum absolute atomic E-state index is 11.0. The van der Waals surface area contributed by atoms with E-state index >= 15 is 0 Å². The summed E-state index contributed by atoms with van der Waals surface area (Å²) < 4.78 is 0. The molecule has 3 N–H and O–H groups in total. The predicted octanol–water partition coefficient (Wildman–Crippen LogP) is 0.795. The Bertz CT molecular complexity index is 408. The molecule has 0 radical (unpaired) electrons. The number of amidine groups is 1. The third kappa shape index (κ3) is 3.13. The molecule has 0 bridgehead atoms. The molecule has 7 heteroatoms. The fraction of sp³-hybridized carbons (Fsp3) is 0.125. The van der Waals surface area contributed by atoms with Gasteiger partial charge in [-0.1, -0.05) is 23.9 Å². The molecule has 80 valence electrons. The van der Waals surface area contributed by atoms with E-state index in [2.05, 4.69) is 0 Å². The highest BCUT2D eigenvalue weighted by Crippen LogP contribution is 2.25. The van der Waals surface area contributed by atoms with Gasteiger partial charge in [-0.25, -0.2) is 0 Å². The summed E-state index contributed by atoms with van der Waals surface area (Å²) in [7, 11) is 0. The first kappa shape index (κ1) is 11.3. The van der Waals surface area contributed by atoms with E-state index in [1.54, 1.807) is 0 Å². The van der Waals surface area contributed by atoms with E-state index in [-0.39, 0.29) is 5.17 Å². The predicted molar refractivity (Wildman–Crippen MR) is 55.8 cm³/mol. The highest BCUT2D eigenvalue weighted by atomic mass is 32.2. The summed E-state index contributed by atoms with van der Waals surface area (Å²) in [6.07, 6.45) is 0. The van der Waals surface area contributed by atoms with Gasteiger partial charge in [-0.05, 0) is 11.3 Å². The molecule has 15 heavy (non-hydrogen) atoms. The van der Waals surface area contributed by atoms with Crippen molar-refractivity contribution >= 4 is 22.6 Å². The second kappa shape index (κ2) is 4.65. The quantitative estimate of drug-likeness (QED) is 0.342. The second-order valence-corrected chi connectivity index (χ2v) is 3.73. The Hall–Kier alpha value is -1.76. The van der Waals surface area contributed by atoms with Crippen molar-refractivity contribution in [1.29, 1.82) is 5.41 Å². The molecular formula is C8H8N3O3S-. The lowest BCUT2D eigenvalue weighted by molar-refractivity contribution is -0.398. The third-order valence-corrected chi connectivity index (χ3v) is 2.40. The number of nitro groups is 1. The maximum atomic E-state index is 11.0. The standard InChI is InChI=1S/C8H9N3O3S/c9-8(10)15-4-5-1-2-7(12)6(3-5)11(13)14/h1-3,12H,4H2,(H3,9,10)/p-1. The Balaban J connectivity index is 2.87. The van der Waals surface area contributed by atoms with E-state index in [1.165, 1.54) is 12.1 Å². The van der Waals surface area contributed by atoms with Crippen molar-refractivity contribution in [3.8, 4) is 5.75 Å². The van der Waals surface area contributed by atoms with Crippen LogP contribution in [-0.4, -0.2) is 10.1 Å². The van der Waals surface area contributed by atoms with Gasteiger partial charge < -0.3 is 10.8 Å². The molecule has 0 saturated carbocycles. The van der Waals surface area contributed by atoms with Gasteiger partial charge in [0.25, 0.3) is 5.69 Å². The van der Waals surface area contributed by atoms with Crippen LogP contribution in [0.5, 0.6) is 5.75 Å². The van der Waals surface area contributed by atoms with Gasteiger partial charge in [-0.2, -0.15) is 0 Å². The molecule has 0 atom stereocenters. The van der Waals surface area contributed by atoms with Crippen LogP contribution in [0.1, 0.15) is 5.56 Å². The fourth-order valence-corrected chi connectivity index (χ4v) is 1.46. The summed E-state index contributed by atoms with van der Waals surface area (Å²) in [5.74, 6) is -0.271. The lowest BCUT2D eigenvalue weighted by Gasteiger charge is -2.07. The van der Waals surface area contributed by atoms with Gasteiger partial charge in [0, 0.05) is 11.8 Å². The van der Waals surface area contributed by atoms with Crippen LogP contribution in [0.3, 0.4) is 0 Å². The smallest absolute Gasteiger partial charge is 0.262 e. The van der Waals surface area contributed by atoms with Gasteiger partial charge in [0.2, 0.25) is 0 Å². The number of benzene rings is 1. The average Bonchev–Trinajstić information content (AvgIpc) is 2.16. The number of nitrogens with two attached hydrogens (primary N) is 1. The molecule has 0 aliphatic heterocycles. The zero-order chi connectivity index (χ0) is 11.4. The monoisotopic (exact) mass is 226 g/mol. The van der Waals surface area contributed by atoms with Crippen LogP contribution in [0.25, 0.3) is 0 Å². The summed E-state index contributed by atoms with van der Waals surface area (Å²) >= 11 is 1.05. The first-order valence-corrected chi connectivity index (χ1v) is 4.90. The summed E-state index contributed by atoms with van der Waals surface area (Å²) in [6.45, 7) is 0. The van der Waals surface area contributed by atoms with E-state index in [0.717, 1.165) is 17.8 Å². The molecule has 0 spiro atoms. The van der Waals surface area contributed by atoms with Crippen LogP contribution in [0, 0.1) is 15.5 Å². The summed E-state index contributed by atoms with van der Waals surface area (Å²) in [5.41, 5.74) is 5.27. The molecule has 0 amide bonds. The average molecular weight is 226 g/mol. The van der Waals surface area contributed by atoms with E-state index < -0.39 is 16.4 Å². The van der Waals surface area contributed by atoms with Crippen LogP contribution < -0.4 is 10.8 Å². The number of thioether (sulfide) groups is 1. The minimum absolute atomic E-state index is 0.0659. The number of nitrogens with zero attached hydrogens (tertiary/aromatic N) is 1. The van der Waals surface area contributed by atoms with Crippen molar-refractivity contribution in [2.45, 2.75) is 5.75 Å². The number of nitro benzene ring substituents is 1. The Kier molecular flexibility index (Phi) is 3.51. The molecule has 0 fully saturated rings. The second-order valence-electron chi connectivity index (χ2n) is 2.71.